The Hall–Kier alpha value is -2.18. The smallest absolute Gasteiger partial charge is 0.240 e. The molecule has 7 nitrogen and oxygen atoms in total. The van der Waals surface area contributed by atoms with Crippen LogP contribution in [-0.4, -0.2) is 38.0 Å². The summed E-state index contributed by atoms with van der Waals surface area (Å²) in [6.45, 7) is 0.774. The van der Waals surface area contributed by atoms with E-state index < -0.39 is 0 Å². The van der Waals surface area contributed by atoms with Crippen molar-refractivity contribution in [2.45, 2.75) is 18.9 Å². The third-order valence-electron chi connectivity index (χ3n) is 3.33. The van der Waals surface area contributed by atoms with Crippen LogP contribution >= 0.6 is 0 Å². The van der Waals surface area contributed by atoms with Crippen LogP contribution < -0.4 is 10.6 Å². The molecule has 0 radical (unpaired) electrons. The van der Waals surface area contributed by atoms with Crippen LogP contribution in [0.1, 0.15) is 12.8 Å². The zero-order valence-corrected chi connectivity index (χ0v) is 10.1. The number of carbonyl (C=O) groups excluding carboxylic acids is 1. The van der Waals surface area contributed by atoms with Crippen molar-refractivity contribution < 1.29 is 4.79 Å². The summed E-state index contributed by atoms with van der Waals surface area (Å²) >= 11 is 0. The summed E-state index contributed by atoms with van der Waals surface area (Å²) in [4.78, 5) is 26.1. The second-order valence-corrected chi connectivity index (χ2v) is 4.48. The summed E-state index contributed by atoms with van der Waals surface area (Å²) in [6.07, 6.45) is 4.90. The van der Waals surface area contributed by atoms with Crippen LogP contribution in [0.2, 0.25) is 0 Å². The minimum absolute atomic E-state index is 0.287. The second kappa shape index (κ2) is 3.94. The lowest BCUT2D eigenvalue weighted by Crippen LogP contribution is -2.40. The van der Waals surface area contributed by atoms with E-state index in [9.17, 15) is 4.79 Å². The quantitative estimate of drug-likeness (QED) is 0.793. The van der Waals surface area contributed by atoms with E-state index in [4.69, 9.17) is 5.73 Å². The molecule has 1 amide bonds. The van der Waals surface area contributed by atoms with Crippen molar-refractivity contribution >= 4 is 22.9 Å². The molecule has 7 heteroatoms. The highest BCUT2D eigenvalue weighted by atomic mass is 16.1. The molecular formula is C11H14N6O. The lowest BCUT2D eigenvalue weighted by Gasteiger charge is -2.22. The molecule has 18 heavy (non-hydrogen) atoms. The number of nitrogens with two attached hydrogens (primary N) is 1. The van der Waals surface area contributed by atoms with Crippen molar-refractivity contribution in [3.63, 3.8) is 0 Å². The maximum Gasteiger partial charge on any atom is 0.240 e. The van der Waals surface area contributed by atoms with E-state index in [0.717, 1.165) is 25.0 Å². The van der Waals surface area contributed by atoms with Gasteiger partial charge in [0.25, 0.3) is 0 Å². The third-order valence-corrected chi connectivity index (χ3v) is 3.33. The first-order valence-electron chi connectivity index (χ1n) is 5.86. The number of aryl methyl sites for hydroxylation is 1. The SMILES string of the molecule is Cn1cnc2c(N3CCCC3C(N)=O)ncnc21. The minimum Gasteiger partial charge on any atom is -0.368 e. The number of hydrogen-bond acceptors (Lipinski definition) is 5. The number of anilines is 1. The Morgan fingerprint density at radius 1 is 1.44 bits per heavy atom. The van der Waals surface area contributed by atoms with Crippen LogP contribution in [-0.2, 0) is 11.8 Å². The Labute approximate surface area is 104 Å². The van der Waals surface area contributed by atoms with E-state index in [1.807, 2.05) is 16.5 Å². The van der Waals surface area contributed by atoms with Gasteiger partial charge in [0, 0.05) is 13.6 Å². The van der Waals surface area contributed by atoms with Crippen molar-refractivity contribution in [1.29, 1.82) is 0 Å². The number of carbonyl (C=O) groups is 1. The average Bonchev–Trinajstić information content (AvgIpc) is 2.96. The zero-order valence-electron chi connectivity index (χ0n) is 10.1. The second-order valence-electron chi connectivity index (χ2n) is 4.48. The third kappa shape index (κ3) is 1.51. The summed E-state index contributed by atoms with van der Waals surface area (Å²) in [5.41, 5.74) is 6.90. The number of fused-ring (bicyclic) bond motifs is 1. The molecule has 0 aliphatic carbocycles. The first-order chi connectivity index (χ1) is 8.68. The van der Waals surface area contributed by atoms with Gasteiger partial charge >= 0.3 is 0 Å². The van der Waals surface area contributed by atoms with Gasteiger partial charge in [0.15, 0.2) is 17.0 Å². The Morgan fingerprint density at radius 3 is 3.06 bits per heavy atom. The van der Waals surface area contributed by atoms with Gasteiger partial charge in [-0.05, 0) is 12.8 Å². The normalized spacial score (nSPS) is 19.6. The molecule has 0 saturated carbocycles. The number of rotatable bonds is 2. The highest BCUT2D eigenvalue weighted by molar-refractivity contribution is 5.89. The maximum atomic E-state index is 11.4. The molecule has 3 rings (SSSR count). The van der Waals surface area contributed by atoms with Crippen molar-refractivity contribution in [3.8, 4) is 0 Å². The van der Waals surface area contributed by atoms with Gasteiger partial charge in [-0.15, -0.1) is 0 Å². The number of amides is 1. The van der Waals surface area contributed by atoms with E-state index in [-0.39, 0.29) is 11.9 Å². The molecule has 1 aliphatic heterocycles. The number of aromatic nitrogens is 4. The molecule has 0 aromatic carbocycles. The summed E-state index contributed by atoms with van der Waals surface area (Å²) in [6, 6.07) is -0.287. The molecule has 2 N–H and O–H groups in total. The lowest BCUT2D eigenvalue weighted by molar-refractivity contribution is -0.119. The summed E-state index contributed by atoms with van der Waals surface area (Å²) < 4.78 is 1.83. The Kier molecular flexibility index (Phi) is 2.39. The molecule has 1 saturated heterocycles. The van der Waals surface area contributed by atoms with Crippen molar-refractivity contribution in [1.82, 2.24) is 19.5 Å². The van der Waals surface area contributed by atoms with Crippen molar-refractivity contribution in [3.05, 3.63) is 12.7 Å². The predicted octanol–water partition coefficient (Wildman–Crippen LogP) is -0.183. The molecule has 1 atom stereocenters. The van der Waals surface area contributed by atoms with Gasteiger partial charge in [-0.25, -0.2) is 15.0 Å². The fourth-order valence-corrected chi connectivity index (χ4v) is 2.46. The highest BCUT2D eigenvalue weighted by Gasteiger charge is 2.31. The molecule has 2 aromatic heterocycles. The highest BCUT2D eigenvalue weighted by Crippen LogP contribution is 2.28. The topological polar surface area (TPSA) is 89.9 Å². The van der Waals surface area contributed by atoms with E-state index >= 15 is 0 Å². The fraction of sp³-hybridized carbons (Fsp3) is 0.455. The van der Waals surface area contributed by atoms with Gasteiger partial charge in [-0.1, -0.05) is 0 Å². The number of primary amides is 1. The monoisotopic (exact) mass is 246 g/mol. The van der Waals surface area contributed by atoms with Gasteiger partial charge < -0.3 is 15.2 Å². The van der Waals surface area contributed by atoms with Gasteiger partial charge in [0.05, 0.1) is 6.33 Å². The first kappa shape index (κ1) is 10.9. The van der Waals surface area contributed by atoms with E-state index in [1.165, 1.54) is 6.33 Å². The summed E-state index contributed by atoms with van der Waals surface area (Å²) in [5, 5.41) is 0. The van der Waals surface area contributed by atoms with Gasteiger partial charge in [0.2, 0.25) is 5.91 Å². The zero-order chi connectivity index (χ0) is 12.7. The van der Waals surface area contributed by atoms with Crippen LogP contribution in [0.4, 0.5) is 5.82 Å². The van der Waals surface area contributed by atoms with E-state index in [1.54, 1.807) is 6.33 Å². The largest absolute Gasteiger partial charge is 0.368 e. The van der Waals surface area contributed by atoms with Crippen LogP contribution in [0.5, 0.6) is 0 Å². The molecule has 94 valence electrons. The van der Waals surface area contributed by atoms with Gasteiger partial charge in [-0.3, -0.25) is 4.79 Å². The van der Waals surface area contributed by atoms with Crippen LogP contribution in [0.25, 0.3) is 11.2 Å². The molecule has 1 aliphatic rings. The summed E-state index contributed by atoms with van der Waals surface area (Å²) in [5.74, 6) is 0.386. The minimum atomic E-state index is -0.310. The molecule has 1 fully saturated rings. The number of nitrogens with zero attached hydrogens (tertiary/aromatic N) is 5. The van der Waals surface area contributed by atoms with Crippen LogP contribution in [0.3, 0.4) is 0 Å². The van der Waals surface area contributed by atoms with E-state index in [2.05, 4.69) is 15.0 Å². The average molecular weight is 246 g/mol. The number of imidazole rings is 1. The molecular weight excluding hydrogens is 232 g/mol. The first-order valence-corrected chi connectivity index (χ1v) is 5.86. The van der Waals surface area contributed by atoms with Crippen LogP contribution in [0, 0.1) is 0 Å². The number of hydrogen-bond donors (Lipinski definition) is 1. The standard InChI is InChI=1S/C11H14N6O/c1-16-6-15-8-10(16)13-5-14-11(8)17-4-2-3-7(17)9(12)18/h5-7H,2-4H2,1H3,(H2,12,18). The predicted molar refractivity (Wildman–Crippen MR) is 65.9 cm³/mol. The molecule has 1 unspecified atom stereocenters. The Bertz CT molecular complexity index is 607. The molecule has 0 spiro atoms. The van der Waals surface area contributed by atoms with Gasteiger partial charge in [0.1, 0.15) is 12.4 Å². The van der Waals surface area contributed by atoms with E-state index in [0.29, 0.717) is 11.3 Å². The van der Waals surface area contributed by atoms with Crippen molar-refractivity contribution in [2.24, 2.45) is 12.8 Å². The Balaban J connectivity index is 2.11. The maximum absolute atomic E-state index is 11.4. The lowest BCUT2D eigenvalue weighted by atomic mass is 10.2. The molecule has 3 heterocycles. The fourth-order valence-electron chi connectivity index (χ4n) is 2.46. The molecule has 2 aromatic rings. The Morgan fingerprint density at radius 2 is 2.28 bits per heavy atom. The summed E-state index contributed by atoms with van der Waals surface area (Å²) in [7, 11) is 1.88. The van der Waals surface area contributed by atoms with Crippen LogP contribution in [0.15, 0.2) is 12.7 Å². The van der Waals surface area contributed by atoms with Crippen molar-refractivity contribution in [2.75, 3.05) is 11.4 Å². The van der Waals surface area contributed by atoms with Gasteiger partial charge in [-0.2, -0.15) is 0 Å². The molecule has 0 bridgehead atoms.